The lowest BCUT2D eigenvalue weighted by atomic mass is 9.65. The Hall–Kier alpha value is -0.380. The first-order valence-corrected chi connectivity index (χ1v) is 5.82. The molecule has 2 rings (SSSR count). The van der Waals surface area contributed by atoms with E-state index in [0.717, 1.165) is 32.1 Å². The normalized spacial score (nSPS) is 40.1. The minimum Gasteiger partial charge on any atom is -0.393 e. The van der Waals surface area contributed by atoms with Gasteiger partial charge in [-0.2, -0.15) is 0 Å². The molecule has 0 saturated heterocycles. The van der Waals surface area contributed by atoms with E-state index in [2.05, 4.69) is 17.9 Å². The molecule has 1 unspecified atom stereocenters. The van der Waals surface area contributed by atoms with Crippen molar-refractivity contribution in [3.63, 3.8) is 0 Å². The highest BCUT2D eigenvalue weighted by Gasteiger charge is 2.46. The molecular formula is C12H20O3. The van der Waals surface area contributed by atoms with Gasteiger partial charge in [-0.15, -0.1) is 0 Å². The van der Waals surface area contributed by atoms with Crippen LogP contribution in [0.2, 0.25) is 0 Å². The van der Waals surface area contributed by atoms with Crippen LogP contribution < -0.4 is 0 Å². The standard InChI is InChI=1S/C12H20O3/c1-12-7-2-3-11(13)10(12)5-4-9(12)6-8-15-14/h4,10-11,13-14H,2-3,5-8H2,1H3/t10?,11-,12+/m0/s1. The third-order valence-corrected chi connectivity index (χ3v) is 4.29. The first-order chi connectivity index (χ1) is 7.18. The lowest BCUT2D eigenvalue weighted by Crippen LogP contribution is -2.38. The van der Waals surface area contributed by atoms with Gasteiger partial charge in [0.05, 0.1) is 12.7 Å². The summed E-state index contributed by atoms with van der Waals surface area (Å²) in [7, 11) is 0. The zero-order valence-corrected chi connectivity index (χ0v) is 9.28. The molecule has 0 amide bonds. The van der Waals surface area contributed by atoms with E-state index in [1.165, 1.54) is 5.57 Å². The minimum absolute atomic E-state index is 0.146. The number of allylic oxidation sites excluding steroid dienone is 1. The summed E-state index contributed by atoms with van der Waals surface area (Å²) < 4.78 is 0. The van der Waals surface area contributed by atoms with Crippen LogP contribution in [0.15, 0.2) is 11.6 Å². The topological polar surface area (TPSA) is 49.7 Å². The Bertz CT molecular complexity index is 262. The molecule has 0 aromatic heterocycles. The average molecular weight is 212 g/mol. The molecule has 86 valence electrons. The zero-order chi connectivity index (χ0) is 10.9. The van der Waals surface area contributed by atoms with Gasteiger partial charge in [0.2, 0.25) is 0 Å². The van der Waals surface area contributed by atoms with Crippen LogP contribution >= 0.6 is 0 Å². The van der Waals surface area contributed by atoms with Gasteiger partial charge in [-0.05, 0) is 43.4 Å². The highest BCUT2D eigenvalue weighted by Crippen LogP contribution is 2.53. The van der Waals surface area contributed by atoms with Gasteiger partial charge in [-0.1, -0.05) is 18.6 Å². The quantitative estimate of drug-likeness (QED) is 0.429. The Balaban J connectivity index is 2.08. The molecule has 2 aliphatic rings. The van der Waals surface area contributed by atoms with Crippen molar-refractivity contribution in [1.29, 1.82) is 0 Å². The fourth-order valence-corrected chi connectivity index (χ4v) is 3.35. The summed E-state index contributed by atoms with van der Waals surface area (Å²) in [5.41, 5.74) is 1.51. The van der Waals surface area contributed by atoms with Crippen molar-refractivity contribution in [2.75, 3.05) is 6.61 Å². The van der Waals surface area contributed by atoms with Crippen molar-refractivity contribution >= 4 is 0 Å². The van der Waals surface area contributed by atoms with Crippen LogP contribution in [0.5, 0.6) is 0 Å². The zero-order valence-electron chi connectivity index (χ0n) is 9.28. The van der Waals surface area contributed by atoms with Crippen LogP contribution in [0.3, 0.4) is 0 Å². The van der Waals surface area contributed by atoms with Crippen molar-refractivity contribution in [1.82, 2.24) is 0 Å². The van der Waals surface area contributed by atoms with Gasteiger partial charge in [-0.3, -0.25) is 5.26 Å². The molecule has 1 saturated carbocycles. The molecule has 0 aromatic carbocycles. The molecular weight excluding hydrogens is 192 g/mol. The van der Waals surface area contributed by atoms with Crippen LogP contribution in [0, 0.1) is 11.3 Å². The highest BCUT2D eigenvalue weighted by molar-refractivity contribution is 5.24. The van der Waals surface area contributed by atoms with E-state index < -0.39 is 0 Å². The first-order valence-electron chi connectivity index (χ1n) is 5.82. The van der Waals surface area contributed by atoms with Gasteiger partial charge >= 0.3 is 0 Å². The molecule has 1 fully saturated rings. The molecule has 3 atom stereocenters. The molecule has 0 bridgehead atoms. The molecule has 2 N–H and O–H groups in total. The molecule has 0 aromatic rings. The van der Waals surface area contributed by atoms with Crippen molar-refractivity contribution in [3.05, 3.63) is 11.6 Å². The maximum atomic E-state index is 9.97. The van der Waals surface area contributed by atoms with Gasteiger partial charge in [0, 0.05) is 0 Å². The summed E-state index contributed by atoms with van der Waals surface area (Å²) in [6, 6.07) is 0. The van der Waals surface area contributed by atoms with Gasteiger partial charge in [-0.25, -0.2) is 4.89 Å². The SMILES string of the molecule is C[C@]12CCC[C@H](O)C1CC=C2CCOO. The summed E-state index contributed by atoms with van der Waals surface area (Å²) in [6.45, 7) is 2.61. The molecule has 15 heavy (non-hydrogen) atoms. The van der Waals surface area contributed by atoms with Crippen molar-refractivity contribution in [2.24, 2.45) is 11.3 Å². The van der Waals surface area contributed by atoms with Crippen LogP contribution in [0.4, 0.5) is 0 Å². The number of fused-ring (bicyclic) bond motifs is 1. The molecule has 0 aliphatic heterocycles. The third kappa shape index (κ3) is 1.84. The molecule has 3 nitrogen and oxygen atoms in total. The first kappa shape index (κ1) is 11.1. The molecule has 2 aliphatic carbocycles. The lowest BCUT2D eigenvalue weighted by Gasteiger charge is -2.42. The van der Waals surface area contributed by atoms with Crippen LogP contribution in [-0.2, 0) is 4.89 Å². The van der Waals surface area contributed by atoms with Gasteiger partial charge in [0.25, 0.3) is 0 Å². The number of aliphatic hydroxyl groups excluding tert-OH is 1. The Kier molecular flexibility index (Phi) is 3.14. The summed E-state index contributed by atoms with van der Waals surface area (Å²) in [4.78, 5) is 4.15. The summed E-state index contributed by atoms with van der Waals surface area (Å²) in [6.07, 6.45) is 7.06. The fourth-order valence-electron chi connectivity index (χ4n) is 3.35. The van der Waals surface area contributed by atoms with E-state index in [-0.39, 0.29) is 11.5 Å². The number of hydrogen-bond donors (Lipinski definition) is 2. The van der Waals surface area contributed by atoms with Gasteiger partial charge < -0.3 is 5.11 Å². The van der Waals surface area contributed by atoms with Crippen LogP contribution in [0.1, 0.15) is 39.0 Å². The molecule has 0 heterocycles. The van der Waals surface area contributed by atoms with Crippen LogP contribution in [-0.4, -0.2) is 23.1 Å². The smallest absolute Gasteiger partial charge is 0.0857 e. The maximum absolute atomic E-state index is 9.97. The Morgan fingerprint density at radius 3 is 3.13 bits per heavy atom. The largest absolute Gasteiger partial charge is 0.393 e. The fraction of sp³-hybridized carbons (Fsp3) is 0.833. The molecule has 0 radical (unpaired) electrons. The number of aliphatic hydroxyl groups is 1. The van der Waals surface area contributed by atoms with E-state index >= 15 is 0 Å². The third-order valence-electron chi connectivity index (χ3n) is 4.29. The monoisotopic (exact) mass is 212 g/mol. The van der Waals surface area contributed by atoms with Crippen molar-refractivity contribution in [2.45, 2.75) is 45.1 Å². The Morgan fingerprint density at radius 1 is 1.60 bits per heavy atom. The molecule has 0 spiro atoms. The second-order valence-corrected chi connectivity index (χ2v) is 5.03. The summed E-state index contributed by atoms with van der Waals surface area (Å²) in [5, 5.41) is 18.4. The second kappa shape index (κ2) is 4.24. The van der Waals surface area contributed by atoms with Crippen molar-refractivity contribution < 1.29 is 15.3 Å². The van der Waals surface area contributed by atoms with Crippen molar-refractivity contribution in [3.8, 4) is 0 Å². The van der Waals surface area contributed by atoms with E-state index in [9.17, 15) is 5.11 Å². The highest BCUT2D eigenvalue weighted by atomic mass is 17.1. The van der Waals surface area contributed by atoms with E-state index in [1.54, 1.807) is 0 Å². The van der Waals surface area contributed by atoms with Crippen LogP contribution in [0.25, 0.3) is 0 Å². The lowest BCUT2D eigenvalue weighted by molar-refractivity contribution is -0.241. The average Bonchev–Trinajstić information content (AvgIpc) is 2.54. The van der Waals surface area contributed by atoms with Gasteiger partial charge in [0.15, 0.2) is 0 Å². The summed E-state index contributed by atoms with van der Waals surface area (Å²) in [5.74, 6) is 0.389. The minimum atomic E-state index is -0.146. The summed E-state index contributed by atoms with van der Waals surface area (Å²) >= 11 is 0. The molecule has 3 heteroatoms. The second-order valence-electron chi connectivity index (χ2n) is 5.03. The van der Waals surface area contributed by atoms with E-state index in [4.69, 9.17) is 5.26 Å². The predicted molar refractivity (Wildman–Crippen MR) is 57.4 cm³/mol. The Labute approximate surface area is 90.7 Å². The number of hydrogen-bond acceptors (Lipinski definition) is 3. The van der Waals surface area contributed by atoms with E-state index in [0.29, 0.717) is 12.5 Å². The Morgan fingerprint density at radius 2 is 2.40 bits per heavy atom. The predicted octanol–water partition coefficient (Wildman–Crippen LogP) is 2.36. The number of rotatable bonds is 3. The van der Waals surface area contributed by atoms with Gasteiger partial charge in [0.1, 0.15) is 0 Å². The maximum Gasteiger partial charge on any atom is 0.0857 e. The van der Waals surface area contributed by atoms with E-state index in [1.807, 2.05) is 0 Å².